The summed E-state index contributed by atoms with van der Waals surface area (Å²) in [5.41, 5.74) is 9.83. The maximum atomic E-state index is 12.1. The smallest absolute Gasteiger partial charge is 0.123 e. The summed E-state index contributed by atoms with van der Waals surface area (Å²) in [4.78, 5) is 0. The van der Waals surface area contributed by atoms with Crippen molar-refractivity contribution in [2.75, 3.05) is 0 Å². The van der Waals surface area contributed by atoms with Crippen LogP contribution in [0.15, 0.2) is 72.8 Å². The van der Waals surface area contributed by atoms with Gasteiger partial charge in [0.1, 0.15) is 5.82 Å². The minimum atomic E-state index is -0.311. The fourth-order valence-electron chi connectivity index (χ4n) is 5.73. The average Bonchev–Trinajstić information content (AvgIpc) is 3.06. The molecule has 0 aromatic heterocycles. The Labute approximate surface area is 249 Å². The predicted molar refractivity (Wildman–Crippen MR) is 162 cm³/mol. The predicted octanol–water partition coefficient (Wildman–Crippen LogP) is 8.41. The second-order valence-corrected chi connectivity index (χ2v) is 11.2. The molecular formula is C36H38FN5. The van der Waals surface area contributed by atoms with Crippen LogP contribution in [-0.2, 0) is 10.8 Å². The standard InChI is InChI=1S/C15H20N2.C14H14N2.C7H4FN/c1-12(17)13-5-7-14(8-6-13)15(11-16)9-3-2-4-10-15;15-10-12-4-6-13(7-5-12)14(11-16)8-2-1-3-9-14;8-7-3-1-6(5-9)2-4-7/h5-8,12H,2-4,9-10,17H2,1H3;4-7H,1-3,8-9H2;1-4H. The minimum absolute atomic E-state index is 0.0634. The van der Waals surface area contributed by atoms with Gasteiger partial charge in [-0.25, -0.2) is 4.39 Å². The molecule has 0 spiro atoms. The van der Waals surface area contributed by atoms with Crippen LogP contribution in [0.2, 0.25) is 0 Å². The fraction of sp³-hybridized carbons (Fsp3) is 0.389. The van der Waals surface area contributed by atoms with Gasteiger partial charge in [0.05, 0.1) is 46.2 Å². The van der Waals surface area contributed by atoms with Gasteiger partial charge in [-0.2, -0.15) is 21.0 Å². The van der Waals surface area contributed by atoms with Gasteiger partial charge in [-0.05, 0) is 85.7 Å². The molecule has 2 saturated carbocycles. The third-order valence-corrected chi connectivity index (χ3v) is 8.37. The lowest BCUT2D eigenvalue weighted by Gasteiger charge is -2.31. The lowest BCUT2D eigenvalue weighted by atomic mass is 9.70. The Morgan fingerprint density at radius 3 is 1.29 bits per heavy atom. The Hall–Kier alpha value is -4.49. The van der Waals surface area contributed by atoms with Crippen molar-refractivity contribution in [1.82, 2.24) is 0 Å². The zero-order valence-electron chi connectivity index (χ0n) is 24.3. The largest absolute Gasteiger partial charge is 0.324 e. The highest BCUT2D eigenvalue weighted by molar-refractivity contribution is 5.39. The van der Waals surface area contributed by atoms with E-state index in [0.29, 0.717) is 11.1 Å². The van der Waals surface area contributed by atoms with Crippen LogP contribution < -0.4 is 5.73 Å². The van der Waals surface area contributed by atoms with Crippen LogP contribution in [0.4, 0.5) is 4.39 Å². The summed E-state index contributed by atoms with van der Waals surface area (Å²) in [5, 5.41) is 35.9. The molecule has 0 saturated heterocycles. The molecule has 2 fully saturated rings. The molecule has 5 nitrogen and oxygen atoms in total. The number of nitrogens with zero attached hydrogens (tertiary/aromatic N) is 4. The van der Waals surface area contributed by atoms with Crippen molar-refractivity contribution in [3.63, 3.8) is 0 Å². The third kappa shape index (κ3) is 8.27. The number of hydrogen-bond donors (Lipinski definition) is 1. The van der Waals surface area contributed by atoms with Crippen molar-refractivity contribution in [2.24, 2.45) is 5.73 Å². The van der Waals surface area contributed by atoms with Crippen LogP contribution in [0.25, 0.3) is 0 Å². The molecule has 2 N–H and O–H groups in total. The number of rotatable bonds is 3. The summed E-state index contributed by atoms with van der Waals surface area (Å²) in [6.45, 7) is 1.98. The van der Waals surface area contributed by atoms with Crippen molar-refractivity contribution in [1.29, 1.82) is 21.0 Å². The lowest BCUT2D eigenvalue weighted by molar-refractivity contribution is 0.366. The average molecular weight is 560 g/mol. The molecule has 6 heteroatoms. The van der Waals surface area contributed by atoms with Gasteiger partial charge in [-0.15, -0.1) is 0 Å². The lowest BCUT2D eigenvalue weighted by Crippen LogP contribution is -2.27. The van der Waals surface area contributed by atoms with E-state index in [9.17, 15) is 14.9 Å². The topological polar surface area (TPSA) is 121 Å². The minimum Gasteiger partial charge on any atom is -0.324 e. The van der Waals surface area contributed by atoms with Crippen LogP contribution in [0.3, 0.4) is 0 Å². The number of benzene rings is 3. The Morgan fingerprint density at radius 2 is 0.952 bits per heavy atom. The molecule has 0 heterocycles. The molecule has 1 unspecified atom stereocenters. The maximum Gasteiger partial charge on any atom is 0.123 e. The van der Waals surface area contributed by atoms with E-state index in [1.54, 1.807) is 0 Å². The van der Waals surface area contributed by atoms with E-state index in [0.717, 1.165) is 49.7 Å². The van der Waals surface area contributed by atoms with Gasteiger partial charge < -0.3 is 5.73 Å². The maximum absolute atomic E-state index is 12.1. The third-order valence-electron chi connectivity index (χ3n) is 8.37. The Balaban J connectivity index is 0.000000181. The molecule has 2 aliphatic rings. The molecule has 0 radical (unpaired) electrons. The molecule has 1 atom stereocenters. The summed E-state index contributed by atoms with van der Waals surface area (Å²) in [7, 11) is 0. The van der Waals surface area contributed by atoms with Crippen LogP contribution in [0.5, 0.6) is 0 Å². The van der Waals surface area contributed by atoms with E-state index in [-0.39, 0.29) is 22.7 Å². The summed E-state index contributed by atoms with van der Waals surface area (Å²) in [5.74, 6) is -0.311. The molecule has 2 aliphatic carbocycles. The monoisotopic (exact) mass is 559 g/mol. The van der Waals surface area contributed by atoms with Gasteiger partial charge in [0.15, 0.2) is 0 Å². The van der Waals surface area contributed by atoms with E-state index in [2.05, 4.69) is 42.5 Å². The molecule has 214 valence electrons. The highest BCUT2D eigenvalue weighted by atomic mass is 19.1. The van der Waals surface area contributed by atoms with Crippen molar-refractivity contribution < 1.29 is 4.39 Å². The molecule has 42 heavy (non-hydrogen) atoms. The van der Waals surface area contributed by atoms with E-state index in [1.165, 1.54) is 55.5 Å². The van der Waals surface area contributed by atoms with Crippen molar-refractivity contribution in [2.45, 2.75) is 88.0 Å². The van der Waals surface area contributed by atoms with Crippen LogP contribution in [-0.4, -0.2) is 0 Å². The quantitative estimate of drug-likeness (QED) is 0.345. The molecular weight excluding hydrogens is 521 g/mol. The van der Waals surface area contributed by atoms with Gasteiger partial charge in [0.25, 0.3) is 0 Å². The second kappa shape index (κ2) is 15.5. The first kappa shape index (κ1) is 32.0. The van der Waals surface area contributed by atoms with E-state index in [1.807, 2.05) is 37.3 Å². The van der Waals surface area contributed by atoms with Crippen LogP contribution in [0.1, 0.15) is 105 Å². The number of hydrogen-bond acceptors (Lipinski definition) is 5. The number of nitriles is 4. The SMILES string of the molecule is CC(N)c1ccc(C2(C#N)CCCCC2)cc1.N#Cc1ccc(C2(C#N)CCCCC2)cc1.N#Cc1ccc(F)cc1. The molecule has 3 aromatic rings. The second-order valence-electron chi connectivity index (χ2n) is 11.2. The Morgan fingerprint density at radius 1 is 0.595 bits per heavy atom. The van der Waals surface area contributed by atoms with Crippen molar-refractivity contribution >= 4 is 0 Å². The molecule has 5 rings (SSSR count). The van der Waals surface area contributed by atoms with E-state index < -0.39 is 0 Å². The van der Waals surface area contributed by atoms with Gasteiger partial charge in [0.2, 0.25) is 0 Å². The van der Waals surface area contributed by atoms with E-state index in [4.69, 9.17) is 16.3 Å². The summed E-state index contributed by atoms with van der Waals surface area (Å²) >= 11 is 0. The molecule has 0 bridgehead atoms. The zero-order valence-corrected chi connectivity index (χ0v) is 24.3. The normalized spacial score (nSPS) is 17.1. The van der Waals surface area contributed by atoms with Gasteiger partial charge in [-0.1, -0.05) is 74.9 Å². The first-order chi connectivity index (χ1) is 20.3. The summed E-state index contributed by atoms with van der Waals surface area (Å²) < 4.78 is 12.1. The van der Waals surface area contributed by atoms with Crippen LogP contribution >= 0.6 is 0 Å². The van der Waals surface area contributed by atoms with Crippen molar-refractivity contribution in [3.05, 3.63) is 106 Å². The summed E-state index contributed by atoms with van der Waals surface area (Å²) in [6.07, 6.45) is 11.0. The van der Waals surface area contributed by atoms with Gasteiger partial charge in [-0.3, -0.25) is 0 Å². The Kier molecular flexibility index (Phi) is 11.8. The van der Waals surface area contributed by atoms with Crippen molar-refractivity contribution in [3.8, 4) is 24.3 Å². The molecule has 3 aromatic carbocycles. The highest BCUT2D eigenvalue weighted by Gasteiger charge is 2.34. The molecule has 0 aliphatic heterocycles. The van der Waals surface area contributed by atoms with Crippen LogP contribution in [0, 0.1) is 51.1 Å². The zero-order chi connectivity index (χ0) is 30.4. The van der Waals surface area contributed by atoms with E-state index >= 15 is 0 Å². The van der Waals surface area contributed by atoms with Gasteiger partial charge in [0, 0.05) is 6.04 Å². The number of halogens is 1. The first-order valence-corrected chi connectivity index (χ1v) is 14.7. The highest BCUT2D eigenvalue weighted by Crippen LogP contribution is 2.40. The Bertz CT molecular complexity index is 1430. The van der Waals surface area contributed by atoms with Gasteiger partial charge >= 0.3 is 0 Å². The first-order valence-electron chi connectivity index (χ1n) is 14.7. The number of nitrogens with two attached hydrogens (primary N) is 1. The summed E-state index contributed by atoms with van der Waals surface area (Å²) in [6, 6.07) is 30.3. The fourth-order valence-corrected chi connectivity index (χ4v) is 5.73. The molecule has 0 amide bonds.